The standard InChI is InChI=1S/C16H20N2O3S/c1-18(16(20)17-9-12-7-8-22-11-12)15(10-19)13-3-5-14(21-2)6-4-13/h3-8,11,15,19H,9-10H2,1-2H3,(H,17,20)/t15-/m0/s1. The summed E-state index contributed by atoms with van der Waals surface area (Å²) in [6, 6.07) is 8.68. The smallest absolute Gasteiger partial charge is 0.318 e. The van der Waals surface area contributed by atoms with E-state index < -0.39 is 6.04 Å². The highest BCUT2D eigenvalue weighted by molar-refractivity contribution is 7.07. The summed E-state index contributed by atoms with van der Waals surface area (Å²) in [6.07, 6.45) is 0. The van der Waals surface area contributed by atoms with Gasteiger partial charge in [-0.25, -0.2) is 4.79 Å². The Morgan fingerprint density at radius 3 is 2.64 bits per heavy atom. The molecule has 0 unspecified atom stereocenters. The van der Waals surface area contributed by atoms with E-state index in [1.165, 1.54) is 4.90 Å². The number of likely N-dealkylation sites (N-methyl/N-ethyl adjacent to an activating group) is 1. The third kappa shape index (κ3) is 3.99. The van der Waals surface area contributed by atoms with Gasteiger partial charge in [0.25, 0.3) is 0 Å². The number of aliphatic hydroxyl groups is 1. The molecule has 2 N–H and O–H groups in total. The van der Waals surface area contributed by atoms with Crippen LogP contribution in [0, 0.1) is 0 Å². The number of nitrogens with one attached hydrogen (secondary N) is 1. The number of nitrogens with zero attached hydrogens (tertiary/aromatic N) is 1. The molecule has 118 valence electrons. The summed E-state index contributed by atoms with van der Waals surface area (Å²) < 4.78 is 5.12. The van der Waals surface area contributed by atoms with Crippen LogP contribution in [0.2, 0.25) is 0 Å². The van der Waals surface area contributed by atoms with Gasteiger partial charge in [-0.3, -0.25) is 0 Å². The van der Waals surface area contributed by atoms with Crippen LogP contribution in [-0.4, -0.2) is 36.8 Å². The van der Waals surface area contributed by atoms with E-state index >= 15 is 0 Å². The van der Waals surface area contributed by atoms with Crippen molar-refractivity contribution in [3.8, 4) is 5.75 Å². The lowest BCUT2D eigenvalue weighted by Crippen LogP contribution is -2.40. The third-order valence-corrected chi connectivity index (χ3v) is 4.22. The lowest BCUT2D eigenvalue weighted by atomic mass is 10.1. The van der Waals surface area contributed by atoms with Crippen molar-refractivity contribution in [3.63, 3.8) is 0 Å². The zero-order valence-electron chi connectivity index (χ0n) is 12.7. The van der Waals surface area contributed by atoms with E-state index in [1.54, 1.807) is 25.5 Å². The van der Waals surface area contributed by atoms with Gasteiger partial charge in [0.05, 0.1) is 19.8 Å². The Balaban J connectivity index is 2.00. The summed E-state index contributed by atoms with van der Waals surface area (Å²) in [5.41, 5.74) is 1.92. The first-order valence-corrected chi connectivity index (χ1v) is 7.86. The van der Waals surface area contributed by atoms with Crippen molar-refractivity contribution >= 4 is 17.4 Å². The molecule has 5 nitrogen and oxygen atoms in total. The van der Waals surface area contributed by atoms with Crippen LogP contribution in [0.3, 0.4) is 0 Å². The van der Waals surface area contributed by atoms with Crippen LogP contribution in [0.5, 0.6) is 5.75 Å². The average molecular weight is 320 g/mol. The Morgan fingerprint density at radius 1 is 1.36 bits per heavy atom. The molecule has 0 fully saturated rings. The van der Waals surface area contributed by atoms with Crippen LogP contribution >= 0.6 is 11.3 Å². The monoisotopic (exact) mass is 320 g/mol. The van der Waals surface area contributed by atoms with Crippen LogP contribution in [0.1, 0.15) is 17.2 Å². The topological polar surface area (TPSA) is 61.8 Å². The maximum atomic E-state index is 12.2. The van der Waals surface area contributed by atoms with Crippen LogP contribution in [0.25, 0.3) is 0 Å². The van der Waals surface area contributed by atoms with Crippen molar-refractivity contribution in [2.75, 3.05) is 20.8 Å². The number of thiophene rings is 1. The zero-order valence-corrected chi connectivity index (χ0v) is 13.5. The van der Waals surface area contributed by atoms with E-state index in [9.17, 15) is 9.90 Å². The predicted molar refractivity (Wildman–Crippen MR) is 87.1 cm³/mol. The fourth-order valence-electron chi connectivity index (χ4n) is 2.11. The molecule has 2 aromatic rings. The highest BCUT2D eigenvalue weighted by atomic mass is 32.1. The first-order valence-electron chi connectivity index (χ1n) is 6.92. The zero-order chi connectivity index (χ0) is 15.9. The Kier molecular flexibility index (Phi) is 5.80. The molecule has 0 aliphatic rings. The summed E-state index contributed by atoms with van der Waals surface area (Å²) >= 11 is 1.59. The molecule has 1 heterocycles. The number of ether oxygens (including phenoxy) is 1. The predicted octanol–water partition coefficient (Wildman–Crippen LogP) is 2.63. The molecule has 1 aromatic carbocycles. The molecule has 0 saturated heterocycles. The molecule has 1 aromatic heterocycles. The van der Waals surface area contributed by atoms with Crippen LogP contribution < -0.4 is 10.1 Å². The minimum atomic E-state index is -0.395. The summed E-state index contributed by atoms with van der Waals surface area (Å²) in [7, 11) is 3.27. The number of carbonyl (C=O) groups excluding carboxylic acids is 1. The minimum Gasteiger partial charge on any atom is -0.497 e. The highest BCUT2D eigenvalue weighted by Gasteiger charge is 2.20. The van der Waals surface area contributed by atoms with Gasteiger partial charge < -0.3 is 20.1 Å². The van der Waals surface area contributed by atoms with E-state index in [4.69, 9.17) is 4.74 Å². The molecule has 1 atom stereocenters. The normalized spacial score (nSPS) is 11.8. The number of benzene rings is 1. The van der Waals surface area contributed by atoms with E-state index in [2.05, 4.69) is 5.32 Å². The minimum absolute atomic E-state index is 0.144. The molecule has 2 rings (SSSR count). The number of rotatable bonds is 6. The number of aliphatic hydroxyl groups excluding tert-OH is 1. The van der Waals surface area contributed by atoms with Gasteiger partial charge in [0.1, 0.15) is 5.75 Å². The largest absolute Gasteiger partial charge is 0.497 e. The van der Waals surface area contributed by atoms with Crippen molar-refractivity contribution in [1.29, 1.82) is 0 Å². The molecule has 6 heteroatoms. The fourth-order valence-corrected chi connectivity index (χ4v) is 2.78. The molecule has 0 aliphatic heterocycles. The lowest BCUT2D eigenvalue weighted by molar-refractivity contribution is 0.149. The second kappa shape index (κ2) is 7.82. The molecule has 0 aliphatic carbocycles. The summed E-state index contributed by atoms with van der Waals surface area (Å²) in [5, 5.41) is 16.4. The van der Waals surface area contributed by atoms with Crippen LogP contribution in [0.4, 0.5) is 4.79 Å². The molecular weight excluding hydrogens is 300 g/mol. The van der Waals surface area contributed by atoms with Crippen LogP contribution in [0.15, 0.2) is 41.1 Å². The number of amides is 2. The van der Waals surface area contributed by atoms with Crippen molar-refractivity contribution in [2.45, 2.75) is 12.6 Å². The molecule has 22 heavy (non-hydrogen) atoms. The molecular formula is C16H20N2O3S. The van der Waals surface area contributed by atoms with Crippen molar-refractivity contribution in [1.82, 2.24) is 10.2 Å². The molecule has 0 bridgehead atoms. The highest BCUT2D eigenvalue weighted by Crippen LogP contribution is 2.22. The lowest BCUT2D eigenvalue weighted by Gasteiger charge is -2.27. The fraction of sp³-hybridized carbons (Fsp3) is 0.312. The summed E-state index contributed by atoms with van der Waals surface area (Å²) in [5.74, 6) is 0.741. The second-order valence-corrected chi connectivity index (χ2v) is 5.65. The van der Waals surface area contributed by atoms with Gasteiger partial charge in [-0.15, -0.1) is 0 Å². The first-order chi connectivity index (χ1) is 10.7. The van der Waals surface area contributed by atoms with Gasteiger partial charge in [0.2, 0.25) is 0 Å². The van der Waals surface area contributed by atoms with Gasteiger partial charge >= 0.3 is 6.03 Å². The number of hydrogen-bond acceptors (Lipinski definition) is 4. The first kappa shape index (κ1) is 16.3. The molecule has 0 spiro atoms. The van der Waals surface area contributed by atoms with Gasteiger partial charge in [0, 0.05) is 13.6 Å². The average Bonchev–Trinajstić information content (AvgIpc) is 3.07. The molecule has 0 saturated carbocycles. The van der Waals surface area contributed by atoms with Crippen molar-refractivity contribution in [2.24, 2.45) is 0 Å². The van der Waals surface area contributed by atoms with E-state index in [1.807, 2.05) is 41.1 Å². The quantitative estimate of drug-likeness (QED) is 0.860. The van der Waals surface area contributed by atoms with E-state index in [-0.39, 0.29) is 12.6 Å². The molecule has 2 amide bonds. The number of carbonyl (C=O) groups is 1. The summed E-state index contributed by atoms with van der Waals surface area (Å²) in [6.45, 7) is 0.335. The van der Waals surface area contributed by atoms with Gasteiger partial charge in [-0.2, -0.15) is 11.3 Å². The molecule has 0 radical (unpaired) electrons. The van der Waals surface area contributed by atoms with Crippen molar-refractivity contribution < 1.29 is 14.6 Å². The Labute approximate surface area is 134 Å². The van der Waals surface area contributed by atoms with Crippen LogP contribution in [-0.2, 0) is 6.54 Å². The van der Waals surface area contributed by atoms with E-state index in [0.29, 0.717) is 6.54 Å². The Morgan fingerprint density at radius 2 is 2.09 bits per heavy atom. The maximum absolute atomic E-state index is 12.2. The SMILES string of the molecule is COc1ccc([C@H](CO)N(C)C(=O)NCc2ccsc2)cc1. The number of methoxy groups -OCH3 is 1. The van der Waals surface area contributed by atoms with E-state index in [0.717, 1.165) is 16.9 Å². The maximum Gasteiger partial charge on any atom is 0.318 e. The number of urea groups is 1. The Bertz CT molecular complexity index is 584. The van der Waals surface area contributed by atoms with Gasteiger partial charge in [-0.05, 0) is 40.1 Å². The summed E-state index contributed by atoms with van der Waals surface area (Å²) in [4.78, 5) is 13.7. The Hall–Kier alpha value is -2.05. The van der Waals surface area contributed by atoms with Gasteiger partial charge in [0.15, 0.2) is 0 Å². The second-order valence-electron chi connectivity index (χ2n) is 4.87. The third-order valence-electron chi connectivity index (χ3n) is 3.49. The van der Waals surface area contributed by atoms with Gasteiger partial charge in [-0.1, -0.05) is 12.1 Å². The number of hydrogen-bond donors (Lipinski definition) is 2. The van der Waals surface area contributed by atoms with Crippen molar-refractivity contribution in [3.05, 3.63) is 52.2 Å².